The predicted octanol–water partition coefficient (Wildman–Crippen LogP) is 4.99. The summed E-state index contributed by atoms with van der Waals surface area (Å²) in [7, 11) is -1.08. The molecule has 0 heterocycles. The average molecular weight is 325 g/mol. The summed E-state index contributed by atoms with van der Waals surface area (Å²) in [4.78, 5) is 0.820. The van der Waals surface area contributed by atoms with Crippen LogP contribution in [0.1, 0.15) is 70.3 Å². The molecule has 1 aromatic rings. The first-order chi connectivity index (χ1) is 10.6. The van der Waals surface area contributed by atoms with Gasteiger partial charge < -0.3 is 5.11 Å². The van der Waals surface area contributed by atoms with Crippen molar-refractivity contribution >= 4 is 10.8 Å². The Morgan fingerprint density at radius 1 is 0.955 bits per heavy atom. The molecule has 1 N–H and O–H groups in total. The fraction of sp³-hybridized carbons (Fsp3) is 0.684. The zero-order chi connectivity index (χ0) is 16.2. The van der Waals surface area contributed by atoms with E-state index in [1.807, 2.05) is 31.2 Å². The van der Waals surface area contributed by atoms with Crippen molar-refractivity contribution in [2.75, 3.05) is 5.75 Å². The molecular weight excluding hydrogens is 292 g/mol. The van der Waals surface area contributed by atoms with Crippen LogP contribution in [0.15, 0.2) is 29.2 Å². The van der Waals surface area contributed by atoms with Gasteiger partial charge >= 0.3 is 0 Å². The zero-order valence-electron chi connectivity index (χ0n) is 14.2. The Kier molecular flexibility index (Phi) is 10.4. The Labute approximate surface area is 138 Å². The number of unbranched alkanes of at least 4 members (excludes halogenated alkanes) is 7. The van der Waals surface area contributed by atoms with Crippen molar-refractivity contribution in [3.05, 3.63) is 29.8 Å². The Balaban J connectivity index is 2.09. The van der Waals surface area contributed by atoms with Crippen LogP contribution in [0.25, 0.3) is 0 Å². The van der Waals surface area contributed by atoms with Crippen LogP contribution in [0.5, 0.6) is 0 Å². The van der Waals surface area contributed by atoms with E-state index >= 15 is 0 Å². The second kappa shape index (κ2) is 11.8. The Morgan fingerprint density at radius 3 is 2.09 bits per heavy atom. The van der Waals surface area contributed by atoms with Gasteiger partial charge in [-0.15, -0.1) is 0 Å². The summed E-state index contributed by atoms with van der Waals surface area (Å²) < 4.78 is 12.2. The van der Waals surface area contributed by atoms with E-state index in [1.54, 1.807) is 0 Å². The second-order valence-electron chi connectivity index (χ2n) is 6.24. The van der Waals surface area contributed by atoms with Crippen molar-refractivity contribution in [1.29, 1.82) is 0 Å². The SMILES string of the molecule is CCCCCCCCCC[C@H](O)CS(=O)c1ccc(C)cc1. The van der Waals surface area contributed by atoms with Crippen molar-refractivity contribution < 1.29 is 9.32 Å². The van der Waals surface area contributed by atoms with Gasteiger partial charge in [-0.25, -0.2) is 0 Å². The van der Waals surface area contributed by atoms with E-state index in [9.17, 15) is 9.32 Å². The molecule has 0 aliphatic rings. The van der Waals surface area contributed by atoms with Crippen molar-refractivity contribution in [1.82, 2.24) is 0 Å². The Hall–Kier alpha value is -0.670. The fourth-order valence-corrected chi connectivity index (χ4v) is 3.71. The summed E-state index contributed by atoms with van der Waals surface area (Å²) >= 11 is 0. The van der Waals surface area contributed by atoms with E-state index in [4.69, 9.17) is 0 Å². The first kappa shape index (κ1) is 19.4. The third-order valence-electron chi connectivity index (χ3n) is 4.02. The molecule has 3 heteroatoms. The minimum Gasteiger partial charge on any atom is -0.392 e. The van der Waals surface area contributed by atoms with E-state index in [1.165, 1.54) is 50.5 Å². The second-order valence-corrected chi connectivity index (χ2v) is 7.74. The van der Waals surface area contributed by atoms with Gasteiger partial charge in [-0.2, -0.15) is 0 Å². The third kappa shape index (κ3) is 8.70. The predicted molar refractivity (Wildman–Crippen MR) is 95.7 cm³/mol. The Morgan fingerprint density at radius 2 is 1.50 bits per heavy atom. The average Bonchev–Trinajstić information content (AvgIpc) is 2.50. The van der Waals surface area contributed by atoms with Gasteiger partial charge in [-0.3, -0.25) is 4.21 Å². The molecule has 22 heavy (non-hydrogen) atoms. The fourth-order valence-electron chi connectivity index (χ4n) is 2.56. The molecule has 1 rings (SSSR count). The lowest BCUT2D eigenvalue weighted by Gasteiger charge is -2.10. The van der Waals surface area contributed by atoms with Crippen LogP contribution < -0.4 is 0 Å². The van der Waals surface area contributed by atoms with Gasteiger partial charge in [0.1, 0.15) is 0 Å². The molecule has 1 unspecified atom stereocenters. The molecule has 0 aromatic heterocycles. The van der Waals surface area contributed by atoms with Crippen molar-refractivity contribution in [3.63, 3.8) is 0 Å². The molecule has 0 amide bonds. The van der Waals surface area contributed by atoms with Crippen LogP contribution in [0.4, 0.5) is 0 Å². The summed E-state index contributed by atoms with van der Waals surface area (Å²) in [5, 5.41) is 10.0. The van der Waals surface area contributed by atoms with Crippen LogP contribution in [-0.4, -0.2) is 21.2 Å². The van der Waals surface area contributed by atoms with E-state index in [0.29, 0.717) is 5.75 Å². The van der Waals surface area contributed by atoms with Gasteiger partial charge in [0.15, 0.2) is 0 Å². The van der Waals surface area contributed by atoms with Crippen LogP contribution in [0, 0.1) is 6.92 Å². The highest BCUT2D eigenvalue weighted by Crippen LogP contribution is 2.13. The highest BCUT2D eigenvalue weighted by Gasteiger charge is 2.11. The maximum absolute atomic E-state index is 12.2. The highest BCUT2D eigenvalue weighted by molar-refractivity contribution is 7.85. The third-order valence-corrected chi connectivity index (χ3v) is 5.50. The van der Waals surface area contributed by atoms with Gasteiger partial charge in [-0.05, 0) is 25.5 Å². The van der Waals surface area contributed by atoms with Gasteiger partial charge in [0, 0.05) is 4.90 Å². The quantitative estimate of drug-likeness (QED) is 0.550. The molecule has 126 valence electrons. The normalized spacial score (nSPS) is 14.0. The molecule has 0 aliphatic carbocycles. The first-order valence-corrected chi connectivity index (χ1v) is 10.1. The molecule has 0 bridgehead atoms. The molecule has 0 spiro atoms. The number of aryl methyl sites for hydroxylation is 1. The Bertz CT molecular complexity index is 414. The van der Waals surface area contributed by atoms with Crippen molar-refractivity contribution in [2.24, 2.45) is 0 Å². The molecule has 0 saturated heterocycles. The lowest BCUT2D eigenvalue weighted by molar-refractivity contribution is 0.183. The number of aliphatic hydroxyl groups is 1. The molecular formula is C19H32O2S. The van der Waals surface area contributed by atoms with E-state index < -0.39 is 16.9 Å². The molecule has 0 fully saturated rings. The number of aliphatic hydroxyl groups excluding tert-OH is 1. The number of hydrogen-bond acceptors (Lipinski definition) is 2. The molecule has 0 saturated carbocycles. The zero-order valence-corrected chi connectivity index (χ0v) is 15.0. The van der Waals surface area contributed by atoms with Crippen LogP contribution >= 0.6 is 0 Å². The lowest BCUT2D eigenvalue weighted by Crippen LogP contribution is -2.16. The van der Waals surface area contributed by atoms with Crippen molar-refractivity contribution in [2.45, 2.75) is 82.6 Å². The van der Waals surface area contributed by atoms with Gasteiger partial charge in [0.25, 0.3) is 0 Å². The molecule has 2 nitrogen and oxygen atoms in total. The molecule has 0 aliphatic heterocycles. The largest absolute Gasteiger partial charge is 0.392 e. The summed E-state index contributed by atoms with van der Waals surface area (Å²) in [6.07, 6.45) is 10.5. The summed E-state index contributed by atoms with van der Waals surface area (Å²) in [5.41, 5.74) is 1.17. The van der Waals surface area contributed by atoms with Gasteiger partial charge in [-0.1, -0.05) is 76.0 Å². The maximum atomic E-state index is 12.2. The number of rotatable bonds is 12. The molecule has 2 atom stereocenters. The topological polar surface area (TPSA) is 37.3 Å². The minimum absolute atomic E-state index is 0.361. The maximum Gasteiger partial charge on any atom is 0.0659 e. The molecule has 0 radical (unpaired) electrons. The smallest absolute Gasteiger partial charge is 0.0659 e. The lowest BCUT2D eigenvalue weighted by atomic mass is 10.1. The standard InChI is InChI=1S/C19H32O2S/c1-3-4-5-6-7-8-9-10-11-18(20)16-22(21)19-14-12-17(2)13-15-19/h12-15,18,20H,3-11,16H2,1-2H3/t18-,22?/m0/s1. The number of hydrogen-bond donors (Lipinski definition) is 1. The minimum atomic E-state index is -1.08. The van der Waals surface area contributed by atoms with E-state index in [2.05, 4.69) is 6.92 Å². The van der Waals surface area contributed by atoms with Gasteiger partial charge in [0.05, 0.1) is 22.7 Å². The van der Waals surface area contributed by atoms with E-state index in [0.717, 1.165) is 17.7 Å². The number of benzene rings is 1. The summed E-state index contributed by atoms with van der Waals surface area (Å²) in [5.74, 6) is 0.361. The van der Waals surface area contributed by atoms with Crippen molar-refractivity contribution in [3.8, 4) is 0 Å². The monoisotopic (exact) mass is 324 g/mol. The summed E-state index contributed by atoms with van der Waals surface area (Å²) in [6, 6.07) is 7.74. The van der Waals surface area contributed by atoms with Crippen LogP contribution in [-0.2, 0) is 10.8 Å². The van der Waals surface area contributed by atoms with Gasteiger partial charge in [0.2, 0.25) is 0 Å². The van der Waals surface area contributed by atoms with E-state index in [-0.39, 0.29) is 0 Å². The van der Waals surface area contributed by atoms with Crippen LogP contribution in [0.3, 0.4) is 0 Å². The molecule has 1 aromatic carbocycles. The first-order valence-electron chi connectivity index (χ1n) is 8.76. The highest BCUT2D eigenvalue weighted by atomic mass is 32.2. The van der Waals surface area contributed by atoms with Crippen LogP contribution in [0.2, 0.25) is 0 Å². The summed E-state index contributed by atoms with van der Waals surface area (Å²) in [6.45, 7) is 4.26.